The van der Waals surface area contributed by atoms with Crippen LogP contribution in [0.15, 0.2) is 0 Å². The predicted molar refractivity (Wildman–Crippen MR) is 61.6 cm³/mol. The monoisotopic (exact) mass is 252 g/mol. The van der Waals surface area contributed by atoms with Crippen LogP contribution in [-0.2, 0) is 23.1 Å². The van der Waals surface area contributed by atoms with Gasteiger partial charge >= 0.3 is 7.60 Å². The molecule has 0 heterocycles. The Hall–Kier alpha value is -0.220. The lowest BCUT2D eigenvalue weighted by molar-refractivity contribution is -0.118. The highest BCUT2D eigenvalue weighted by molar-refractivity contribution is 7.54. The summed E-state index contributed by atoms with van der Waals surface area (Å²) in [5, 5.41) is 0. The molecule has 0 bridgehead atoms. The van der Waals surface area contributed by atoms with Crippen molar-refractivity contribution in [3.63, 3.8) is 0 Å². The topological polar surface area (TPSA) is 61.8 Å². The highest BCUT2D eigenvalue weighted by Gasteiger charge is 2.37. The summed E-state index contributed by atoms with van der Waals surface area (Å²) in [7, 11) is -3.34. The maximum Gasteiger partial charge on any atom is 0.359 e. The van der Waals surface area contributed by atoms with Gasteiger partial charge in [0.15, 0.2) is 5.85 Å². The van der Waals surface area contributed by atoms with Crippen LogP contribution in [0.25, 0.3) is 0 Å². The van der Waals surface area contributed by atoms with Gasteiger partial charge in [-0.2, -0.15) is 0 Å². The van der Waals surface area contributed by atoms with Crippen molar-refractivity contribution in [2.24, 2.45) is 0 Å². The zero-order valence-electron chi connectivity index (χ0n) is 10.4. The Kier molecular flexibility index (Phi) is 7.85. The molecular weight excluding hydrogens is 231 g/mol. The molecule has 0 fully saturated rings. The smallest absolute Gasteiger partial charge is 0.359 e. The minimum absolute atomic E-state index is 0.0467. The zero-order chi connectivity index (χ0) is 12.6. The van der Waals surface area contributed by atoms with Crippen molar-refractivity contribution in [3.05, 3.63) is 0 Å². The first-order chi connectivity index (χ1) is 7.50. The summed E-state index contributed by atoms with van der Waals surface area (Å²) in [5.41, 5.74) is 0. The van der Waals surface area contributed by atoms with Crippen LogP contribution in [0.4, 0.5) is 0 Å². The summed E-state index contributed by atoms with van der Waals surface area (Å²) in [6.07, 6.45) is 0.0467. The molecule has 0 amide bonds. The lowest BCUT2D eigenvalue weighted by atomic mass is 10.3. The van der Waals surface area contributed by atoms with Crippen LogP contribution in [0.2, 0.25) is 0 Å². The molecule has 0 aromatic rings. The minimum atomic E-state index is -3.34. The molecule has 0 spiro atoms. The summed E-state index contributed by atoms with van der Waals surface area (Å²) in [6, 6.07) is 0. The maximum atomic E-state index is 12.3. The lowest BCUT2D eigenvalue weighted by Crippen LogP contribution is -2.20. The lowest BCUT2D eigenvalue weighted by Gasteiger charge is -2.25. The minimum Gasteiger partial charge on any atom is -0.365 e. The van der Waals surface area contributed by atoms with Gasteiger partial charge in [0.2, 0.25) is 0 Å². The molecule has 16 heavy (non-hydrogen) atoms. The van der Waals surface area contributed by atoms with E-state index in [0.29, 0.717) is 6.61 Å². The number of rotatable bonds is 9. The van der Waals surface area contributed by atoms with Gasteiger partial charge < -0.3 is 13.8 Å². The van der Waals surface area contributed by atoms with E-state index in [9.17, 15) is 9.36 Å². The van der Waals surface area contributed by atoms with Crippen LogP contribution >= 0.6 is 7.60 Å². The summed E-state index contributed by atoms with van der Waals surface area (Å²) < 4.78 is 27.9. The normalized spacial score (nSPS) is 13.8. The van der Waals surface area contributed by atoms with Gasteiger partial charge in [0.05, 0.1) is 13.2 Å². The van der Waals surface area contributed by atoms with Crippen molar-refractivity contribution in [1.82, 2.24) is 0 Å². The van der Waals surface area contributed by atoms with Gasteiger partial charge in [-0.15, -0.1) is 0 Å². The van der Waals surface area contributed by atoms with Crippen LogP contribution in [0.5, 0.6) is 0 Å². The number of hydrogen-bond acceptors (Lipinski definition) is 5. The van der Waals surface area contributed by atoms with Crippen molar-refractivity contribution >= 4 is 13.4 Å². The number of carbonyl (C=O) groups excluding carboxylic acids is 1. The molecule has 0 radical (unpaired) electrons. The fraction of sp³-hybridized carbons (Fsp3) is 0.900. The number of hydrogen-bond donors (Lipinski definition) is 0. The fourth-order valence-corrected chi connectivity index (χ4v) is 3.20. The average Bonchev–Trinajstić information content (AvgIpc) is 2.17. The summed E-state index contributed by atoms with van der Waals surface area (Å²) in [5.74, 6) is -0.895. The molecule has 0 rings (SSSR count). The molecule has 0 saturated carbocycles. The molecule has 0 aliphatic carbocycles. The van der Waals surface area contributed by atoms with Crippen LogP contribution < -0.4 is 0 Å². The van der Waals surface area contributed by atoms with E-state index in [-0.39, 0.29) is 25.4 Å². The van der Waals surface area contributed by atoms with E-state index in [4.69, 9.17) is 13.8 Å². The number of ketones is 1. The van der Waals surface area contributed by atoms with Crippen molar-refractivity contribution in [3.8, 4) is 0 Å². The van der Waals surface area contributed by atoms with Crippen molar-refractivity contribution in [2.75, 3.05) is 19.8 Å². The molecule has 0 aliphatic heterocycles. The molecule has 96 valence electrons. The highest BCUT2D eigenvalue weighted by Crippen LogP contribution is 2.54. The van der Waals surface area contributed by atoms with E-state index in [0.717, 1.165) is 0 Å². The molecule has 0 aromatic carbocycles. The van der Waals surface area contributed by atoms with Gasteiger partial charge in [0.25, 0.3) is 0 Å². The highest BCUT2D eigenvalue weighted by atomic mass is 31.2. The van der Waals surface area contributed by atoms with Gasteiger partial charge in [-0.05, 0) is 27.7 Å². The van der Waals surface area contributed by atoms with Gasteiger partial charge in [-0.3, -0.25) is 9.36 Å². The standard InChI is InChI=1S/C10H21O5P/c1-5-13-10(8-9(4)11)16(12,14-6-2)15-7-3/h10H,5-8H2,1-4H3. The van der Waals surface area contributed by atoms with Crippen LogP contribution in [0.1, 0.15) is 34.1 Å². The van der Waals surface area contributed by atoms with Crippen molar-refractivity contribution in [2.45, 2.75) is 40.0 Å². The van der Waals surface area contributed by atoms with Gasteiger partial charge in [-0.25, -0.2) is 0 Å². The second-order valence-electron chi connectivity index (χ2n) is 3.19. The van der Waals surface area contributed by atoms with Gasteiger partial charge in [0.1, 0.15) is 5.78 Å². The zero-order valence-corrected chi connectivity index (χ0v) is 11.3. The SMILES string of the molecule is CCOC(CC(C)=O)P(=O)(OCC)OCC. The van der Waals surface area contributed by atoms with E-state index in [2.05, 4.69) is 0 Å². The summed E-state index contributed by atoms with van der Waals surface area (Å²) in [4.78, 5) is 11.1. The first-order valence-electron chi connectivity index (χ1n) is 5.49. The summed E-state index contributed by atoms with van der Waals surface area (Å²) in [6.45, 7) is 7.54. The summed E-state index contributed by atoms with van der Waals surface area (Å²) >= 11 is 0. The van der Waals surface area contributed by atoms with Crippen molar-refractivity contribution in [1.29, 1.82) is 0 Å². The number of carbonyl (C=O) groups is 1. The Morgan fingerprint density at radius 3 is 1.94 bits per heavy atom. The van der Waals surface area contributed by atoms with E-state index in [1.165, 1.54) is 6.92 Å². The first kappa shape index (κ1) is 15.8. The largest absolute Gasteiger partial charge is 0.365 e. The third-order valence-corrected chi connectivity index (χ3v) is 4.07. The number of ether oxygens (including phenoxy) is 1. The number of Topliss-reactive ketones (excluding diaryl/α,β-unsaturated/α-hetero) is 1. The Morgan fingerprint density at radius 1 is 1.12 bits per heavy atom. The molecular formula is C10H21O5P. The Bertz CT molecular complexity index is 244. The molecule has 6 heteroatoms. The Balaban J connectivity index is 4.77. The third kappa shape index (κ3) is 5.21. The molecule has 0 saturated heterocycles. The Morgan fingerprint density at radius 2 is 1.62 bits per heavy atom. The molecule has 0 aliphatic rings. The second kappa shape index (κ2) is 7.96. The van der Waals surface area contributed by atoms with E-state index in [1.807, 2.05) is 0 Å². The second-order valence-corrected chi connectivity index (χ2v) is 5.36. The molecule has 0 aromatic heterocycles. The van der Waals surface area contributed by atoms with Crippen LogP contribution in [0, 0.1) is 0 Å². The van der Waals surface area contributed by atoms with E-state index >= 15 is 0 Å². The fourth-order valence-electron chi connectivity index (χ4n) is 1.26. The van der Waals surface area contributed by atoms with Crippen LogP contribution in [-0.4, -0.2) is 31.4 Å². The van der Waals surface area contributed by atoms with Crippen LogP contribution in [0.3, 0.4) is 0 Å². The maximum absolute atomic E-state index is 12.3. The average molecular weight is 252 g/mol. The molecule has 0 N–H and O–H groups in total. The van der Waals surface area contributed by atoms with Gasteiger partial charge in [-0.1, -0.05) is 0 Å². The molecule has 1 atom stereocenters. The van der Waals surface area contributed by atoms with E-state index < -0.39 is 13.4 Å². The Labute approximate surface area is 97.0 Å². The third-order valence-electron chi connectivity index (χ3n) is 1.79. The molecule has 1 unspecified atom stereocenters. The van der Waals surface area contributed by atoms with Crippen molar-refractivity contribution < 1.29 is 23.1 Å². The molecule has 5 nitrogen and oxygen atoms in total. The predicted octanol–water partition coefficient (Wildman–Crippen LogP) is 2.59. The van der Waals surface area contributed by atoms with E-state index in [1.54, 1.807) is 20.8 Å². The van der Waals surface area contributed by atoms with Gasteiger partial charge in [0, 0.05) is 13.0 Å². The quantitative estimate of drug-likeness (QED) is 0.590. The first-order valence-corrected chi connectivity index (χ1v) is 7.11.